The molecule has 3 aromatic rings. The molecule has 23 heavy (non-hydrogen) atoms. The Bertz CT molecular complexity index is 825. The number of rotatable bonds is 4. The van der Waals surface area contributed by atoms with Crippen molar-refractivity contribution in [2.24, 2.45) is 11.0 Å². The molecular weight excluding hydrogens is 308 g/mol. The smallest absolute Gasteiger partial charge is 0.158 e. The summed E-state index contributed by atoms with van der Waals surface area (Å²) >= 11 is 1.66. The van der Waals surface area contributed by atoms with Gasteiger partial charge in [-0.1, -0.05) is 30.3 Å². The van der Waals surface area contributed by atoms with Crippen LogP contribution in [0.5, 0.6) is 0 Å². The summed E-state index contributed by atoms with van der Waals surface area (Å²) in [6.45, 7) is 1.57. The number of hydrazone groups is 1. The van der Waals surface area contributed by atoms with Crippen molar-refractivity contribution >= 4 is 33.6 Å². The summed E-state index contributed by atoms with van der Waals surface area (Å²) in [5.74, 6) is 1.13. The van der Waals surface area contributed by atoms with Crippen molar-refractivity contribution in [3.05, 3.63) is 42.7 Å². The molecule has 116 valence electrons. The van der Waals surface area contributed by atoms with Gasteiger partial charge in [0.1, 0.15) is 11.2 Å². The highest BCUT2D eigenvalue weighted by molar-refractivity contribution is 7.21. The van der Waals surface area contributed by atoms with Crippen LogP contribution in [0.25, 0.3) is 20.7 Å². The van der Waals surface area contributed by atoms with Gasteiger partial charge in [0.25, 0.3) is 0 Å². The van der Waals surface area contributed by atoms with Crippen LogP contribution in [0.1, 0.15) is 6.42 Å². The fraction of sp³-hybridized carbons (Fsp3) is 0.235. The minimum absolute atomic E-state index is 0.391. The SMILES string of the molecule is C(=NNc1ncnc2sc(-c3ccccc3)cc12)C1CCOC1. The topological polar surface area (TPSA) is 59.4 Å². The molecule has 0 saturated carbocycles. The molecule has 1 aromatic carbocycles. The molecule has 1 atom stereocenters. The Kier molecular flexibility index (Phi) is 4.00. The summed E-state index contributed by atoms with van der Waals surface area (Å²) in [5.41, 5.74) is 4.24. The van der Waals surface area contributed by atoms with Crippen molar-refractivity contribution in [2.75, 3.05) is 18.6 Å². The lowest BCUT2D eigenvalue weighted by Gasteiger charge is -2.01. The molecule has 0 bridgehead atoms. The number of fused-ring (bicyclic) bond motifs is 1. The van der Waals surface area contributed by atoms with E-state index in [0.29, 0.717) is 5.92 Å². The van der Waals surface area contributed by atoms with Gasteiger partial charge >= 0.3 is 0 Å². The fourth-order valence-electron chi connectivity index (χ4n) is 2.56. The zero-order chi connectivity index (χ0) is 15.5. The summed E-state index contributed by atoms with van der Waals surface area (Å²) in [5, 5.41) is 5.31. The third-order valence-corrected chi connectivity index (χ3v) is 4.90. The molecule has 0 amide bonds. The zero-order valence-electron chi connectivity index (χ0n) is 12.5. The molecule has 3 heterocycles. The molecule has 4 rings (SSSR count). The molecule has 1 N–H and O–H groups in total. The first-order valence-electron chi connectivity index (χ1n) is 7.57. The Morgan fingerprint density at radius 1 is 1.26 bits per heavy atom. The van der Waals surface area contributed by atoms with Gasteiger partial charge in [-0.15, -0.1) is 11.3 Å². The van der Waals surface area contributed by atoms with E-state index in [-0.39, 0.29) is 0 Å². The Morgan fingerprint density at radius 3 is 3.00 bits per heavy atom. The Labute approximate surface area is 138 Å². The van der Waals surface area contributed by atoms with Crippen molar-refractivity contribution in [3.63, 3.8) is 0 Å². The van der Waals surface area contributed by atoms with E-state index in [1.807, 2.05) is 24.4 Å². The second-order valence-electron chi connectivity index (χ2n) is 5.43. The summed E-state index contributed by atoms with van der Waals surface area (Å²) in [6, 6.07) is 12.4. The van der Waals surface area contributed by atoms with Crippen LogP contribution < -0.4 is 5.43 Å². The molecule has 1 unspecified atom stereocenters. The van der Waals surface area contributed by atoms with Crippen LogP contribution >= 0.6 is 11.3 Å². The number of thiophene rings is 1. The maximum atomic E-state index is 5.34. The molecule has 0 aliphatic carbocycles. The third kappa shape index (κ3) is 3.09. The van der Waals surface area contributed by atoms with Crippen molar-refractivity contribution in [1.82, 2.24) is 9.97 Å². The van der Waals surface area contributed by atoms with E-state index in [9.17, 15) is 0 Å². The van der Waals surface area contributed by atoms with Crippen molar-refractivity contribution < 1.29 is 4.74 Å². The van der Waals surface area contributed by atoms with Gasteiger partial charge in [0.2, 0.25) is 0 Å². The molecule has 1 aliphatic heterocycles. The van der Waals surface area contributed by atoms with E-state index >= 15 is 0 Å². The molecule has 5 nitrogen and oxygen atoms in total. The summed E-state index contributed by atoms with van der Waals surface area (Å²) < 4.78 is 5.34. The largest absolute Gasteiger partial charge is 0.381 e. The van der Waals surface area contributed by atoms with Gasteiger partial charge in [0.05, 0.1) is 12.0 Å². The lowest BCUT2D eigenvalue weighted by Crippen LogP contribution is -2.03. The number of nitrogens with one attached hydrogen (secondary N) is 1. The molecule has 6 heteroatoms. The first-order chi connectivity index (χ1) is 11.4. The van der Waals surface area contributed by atoms with Gasteiger partial charge in [-0.05, 0) is 18.1 Å². The van der Waals surface area contributed by atoms with Gasteiger partial charge in [-0.3, -0.25) is 5.43 Å². The van der Waals surface area contributed by atoms with Crippen LogP contribution in [0.2, 0.25) is 0 Å². The second kappa shape index (κ2) is 6.44. The Balaban J connectivity index is 1.61. The van der Waals surface area contributed by atoms with E-state index in [2.05, 4.69) is 38.7 Å². The van der Waals surface area contributed by atoms with Crippen LogP contribution in [0.15, 0.2) is 47.8 Å². The van der Waals surface area contributed by atoms with Gasteiger partial charge in [0.15, 0.2) is 5.82 Å². The average molecular weight is 324 g/mol. The number of hydrogen-bond acceptors (Lipinski definition) is 6. The zero-order valence-corrected chi connectivity index (χ0v) is 13.3. The lowest BCUT2D eigenvalue weighted by atomic mass is 10.1. The van der Waals surface area contributed by atoms with Crippen molar-refractivity contribution in [2.45, 2.75) is 6.42 Å². The summed E-state index contributed by atoms with van der Waals surface area (Å²) in [4.78, 5) is 10.8. The van der Waals surface area contributed by atoms with Gasteiger partial charge in [-0.2, -0.15) is 5.10 Å². The second-order valence-corrected chi connectivity index (χ2v) is 6.46. The predicted octanol–water partition coefficient (Wildman–Crippen LogP) is 3.79. The molecule has 1 saturated heterocycles. The number of hydrogen-bond donors (Lipinski definition) is 1. The van der Waals surface area contributed by atoms with Crippen molar-refractivity contribution in [3.8, 4) is 10.4 Å². The maximum absolute atomic E-state index is 5.34. The number of aromatic nitrogens is 2. The van der Waals surface area contributed by atoms with E-state index in [1.165, 1.54) is 10.4 Å². The van der Waals surface area contributed by atoms with E-state index in [0.717, 1.165) is 35.7 Å². The molecule has 0 spiro atoms. The molecule has 1 fully saturated rings. The van der Waals surface area contributed by atoms with Crippen LogP contribution in [0, 0.1) is 5.92 Å². The minimum Gasteiger partial charge on any atom is -0.381 e. The Morgan fingerprint density at radius 2 is 2.17 bits per heavy atom. The molecule has 1 aliphatic rings. The number of ether oxygens (including phenoxy) is 1. The summed E-state index contributed by atoms with van der Waals surface area (Å²) in [7, 11) is 0. The molecule has 0 radical (unpaired) electrons. The monoisotopic (exact) mass is 324 g/mol. The predicted molar refractivity (Wildman–Crippen MR) is 93.9 cm³/mol. The normalized spacial score (nSPS) is 18.0. The van der Waals surface area contributed by atoms with Crippen LogP contribution in [0.4, 0.5) is 5.82 Å². The molecular formula is C17H16N4OS. The van der Waals surface area contributed by atoms with E-state index < -0.39 is 0 Å². The van der Waals surface area contributed by atoms with Crippen LogP contribution in [0.3, 0.4) is 0 Å². The number of nitrogens with zero attached hydrogens (tertiary/aromatic N) is 3. The first-order valence-corrected chi connectivity index (χ1v) is 8.39. The molecule has 2 aromatic heterocycles. The Hall–Kier alpha value is -2.31. The van der Waals surface area contributed by atoms with Crippen molar-refractivity contribution in [1.29, 1.82) is 0 Å². The van der Waals surface area contributed by atoms with Gasteiger partial charge in [-0.25, -0.2) is 9.97 Å². The lowest BCUT2D eigenvalue weighted by molar-refractivity contribution is 0.193. The maximum Gasteiger partial charge on any atom is 0.158 e. The van der Waals surface area contributed by atoms with E-state index in [4.69, 9.17) is 4.74 Å². The highest BCUT2D eigenvalue weighted by Crippen LogP contribution is 2.34. The fourth-order valence-corrected chi connectivity index (χ4v) is 3.57. The van der Waals surface area contributed by atoms with Crippen LogP contribution in [-0.2, 0) is 4.74 Å². The highest BCUT2D eigenvalue weighted by Gasteiger charge is 2.13. The average Bonchev–Trinajstić information content (AvgIpc) is 3.25. The minimum atomic E-state index is 0.391. The quantitative estimate of drug-likeness (QED) is 0.586. The third-order valence-electron chi connectivity index (χ3n) is 3.81. The standard InChI is InChI=1S/C17H16N4OS/c1-2-4-13(5-3-1)15-8-14-16(18-11-19-17(14)23-15)21-20-9-12-6-7-22-10-12/h1-5,8-9,11-12H,6-7,10H2,(H,18,19,21). The van der Waals surface area contributed by atoms with Gasteiger partial charge in [0, 0.05) is 23.6 Å². The van der Waals surface area contributed by atoms with Gasteiger partial charge < -0.3 is 4.74 Å². The highest BCUT2D eigenvalue weighted by atomic mass is 32.1. The number of anilines is 1. The summed E-state index contributed by atoms with van der Waals surface area (Å²) in [6.07, 6.45) is 4.51. The van der Waals surface area contributed by atoms with E-state index in [1.54, 1.807) is 17.7 Å². The van der Waals surface area contributed by atoms with Crippen LogP contribution in [-0.4, -0.2) is 29.4 Å². The number of benzene rings is 1. The first kappa shape index (κ1) is 14.3.